The van der Waals surface area contributed by atoms with Gasteiger partial charge in [-0.3, -0.25) is 9.78 Å². The molecular formula is C16H15ClN6O2. The van der Waals surface area contributed by atoms with Crippen LogP contribution in [0.15, 0.2) is 41.3 Å². The third-order valence-corrected chi connectivity index (χ3v) is 3.78. The van der Waals surface area contributed by atoms with E-state index < -0.39 is 11.4 Å². The molecule has 8 nitrogen and oxygen atoms in total. The van der Waals surface area contributed by atoms with E-state index in [4.69, 9.17) is 21.9 Å². The molecule has 9 heteroatoms. The van der Waals surface area contributed by atoms with Crippen molar-refractivity contribution in [2.75, 3.05) is 5.32 Å². The fraction of sp³-hybridized carbons (Fsp3) is 0.188. The molecule has 0 aliphatic carbocycles. The number of pyridine rings is 1. The minimum atomic E-state index is -0.688. The van der Waals surface area contributed by atoms with Crippen molar-refractivity contribution >= 4 is 23.5 Å². The normalized spacial score (nSPS) is 11.3. The van der Waals surface area contributed by atoms with Crippen LogP contribution < -0.4 is 11.1 Å². The molecule has 0 saturated carbocycles. The number of primary amides is 1. The number of amides is 1. The second-order valence-corrected chi connectivity index (χ2v) is 6.23. The molecule has 3 aromatic rings. The Balaban J connectivity index is 1.80. The molecule has 3 heterocycles. The van der Waals surface area contributed by atoms with Gasteiger partial charge >= 0.3 is 0 Å². The van der Waals surface area contributed by atoms with Crippen molar-refractivity contribution in [1.29, 1.82) is 0 Å². The molecule has 0 saturated heterocycles. The summed E-state index contributed by atoms with van der Waals surface area (Å²) in [5, 5.41) is 7.51. The zero-order chi connectivity index (χ0) is 18.0. The number of carbonyl (C=O) groups is 1. The van der Waals surface area contributed by atoms with Crippen molar-refractivity contribution in [3.63, 3.8) is 0 Å². The van der Waals surface area contributed by atoms with Crippen LogP contribution in [0.25, 0.3) is 11.3 Å². The van der Waals surface area contributed by atoms with E-state index in [-0.39, 0.29) is 5.76 Å². The van der Waals surface area contributed by atoms with E-state index in [1.54, 1.807) is 30.7 Å². The second-order valence-electron chi connectivity index (χ2n) is 5.82. The van der Waals surface area contributed by atoms with Gasteiger partial charge in [0.25, 0.3) is 5.91 Å². The summed E-state index contributed by atoms with van der Waals surface area (Å²) < 4.78 is 4.84. The lowest BCUT2D eigenvalue weighted by Gasteiger charge is -2.26. The highest BCUT2D eigenvalue weighted by atomic mass is 35.5. The highest BCUT2D eigenvalue weighted by Gasteiger charge is 2.25. The van der Waals surface area contributed by atoms with Gasteiger partial charge in [0.1, 0.15) is 5.69 Å². The molecule has 0 unspecified atom stereocenters. The monoisotopic (exact) mass is 358 g/mol. The van der Waals surface area contributed by atoms with Crippen LogP contribution in [0.4, 0.5) is 5.95 Å². The van der Waals surface area contributed by atoms with Gasteiger partial charge < -0.3 is 15.6 Å². The Morgan fingerprint density at radius 1 is 1.28 bits per heavy atom. The zero-order valence-electron chi connectivity index (χ0n) is 13.5. The first kappa shape index (κ1) is 16.8. The minimum absolute atomic E-state index is 0.0249. The minimum Gasteiger partial charge on any atom is -0.363 e. The maximum atomic E-state index is 11.0. The summed E-state index contributed by atoms with van der Waals surface area (Å²) in [6.45, 7) is 3.85. The SMILES string of the molecule is CC(C)(Nc1ncc(-c2cc(C(N)=O)on2)cn1)c1ncccc1Cl. The molecule has 1 amide bonds. The second kappa shape index (κ2) is 6.48. The summed E-state index contributed by atoms with van der Waals surface area (Å²) in [6, 6.07) is 4.98. The van der Waals surface area contributed by atoms with Crippen LogP contribution in [-0.2, 0) is 5.54 Å². The standard InChI is InChI=1S/C16H15ClN6O2/c1-16(2,13-10(17)4-3-5-19-13)22-15-20-7-9(8-21-15)11-6-12(14(18)24)25-23-11/h3-8H,1-2H3,(H2,18,24)(H,20,21,22). The van der Waals surface area contributed by atoms with Gasteiger partial charge in [-0.1, -0.05) is 16.8 Å². The van der Waals surface area contributed by atoms with E-state index in [2.05, 4.69) is 25.4 Å². The van der Waals surface area contributed by atoms with Gasteiger partial charge in [0, 0.05) is 30.2 Å². The Labute approximate surface area is 148 Å². The molecule has 0 radical (unpaired) electrons. The van der Waals surface area contributed by atoms with E-state index in [0.29, 0.717) is 27.9 Å². The number of anilines is 1. The zero-order valence-corrected chi connectivity index (χ0v) is 14.3. The van der Waals surface area contributed by atoms with Gasteiger partial charge in [-0.05, 0) is 26.0 Å². The van der Waals surface area contributed by atoms with Gasteiger partial charge in [-0.25, -0.2) is 9.97 Å². The number of nitrogens with one attached hydrogen (secondary N) is 1. The third kappa shape index (κ3) is 3.58. The van der Waals surface area contributed by atoms with Gasteiger partial charge in [0.05, 0.1) is 16.3 Å². The van der Waals surface area contributed by atoms with Crippen molar-refractivity contribution in [2.24, 2.45) is 5.73 Å². The van der Waals surface area contributed by atoms with Crippen molar-refractivity contribution < 1.29 is 9.32 Å². The molecule has 0 spiro atoms. The quantitative estimate of drug-likeness (QED) is 0.719. The maximum Gasteiger partial charge on any atom is 0.287 e. The van der Waals surface area contributed by atoms with Crippen LogP contribution in [0.1, 0.15) is 30.1 Å². The van der Waals surface area contributed by atoms with Gasteiger partial charge in [-0.2, -0.15) is 0 Å². The average molecular weight is 359 g/mol. The number of hydrogen-bond donors (Lipinski definition) is 2. The van der Waals surface area contributed by atoms with E-state index in [9.17, 15) is 4.79 Å². The van der Waals surface area contributed by atoms with Crippen LogP contribution >= 0.6 is 11.6 Å². The molecule has 0 bridgehead atoms. The van der Waals surface area contributed by atoms with E-state index in [1.165, 1.54) is 6.07 Å². The highest BCUT2D eigenvalue weighted by Crippen LogP contribution is 2.28. The van der Waals surface area contributed by atoms with Crippen molar-refractivity contribution in [3.05, 3.63) is 53.3 Å². The van der Waals surface area contributed by atoms with Gasteiger partial charge in [-0.15, -0.1) is 0 Å². The Bertz CT molecular complexity index is 907. The Morgan fingerprint density at radius 2 is 2.00 bits per heavy atom. The number of rotatable bonds is 5. The summed E-state index contributed by atoms with van der Waals surface area (Å²) in [6.07, 6.45) is 4.80. The van der Waals surface area contributed by atoms with Gasteiger partial charge in [0.2, 0.25) is 11.7 Å². The Hall–Kier alpha value is -3.00. The summed E-state index contributed by atoms with van der Waals surface area (Å²) in [4.78, 5) is 23.9. The lowest BCUT2D eigenvalue weighted by atomic mass is 10.00. The van der Waals surface area contributed by atoms with E-state index in [1.807, 2.05) is 13.8 Å². The fourth-order valence-electron chi connectivity index (χ4n) is 2.24. The molecule has 0 aromatic carbocycles. The van der Waals surface area contributed by atoms with Crippen LogP contribution in [0, 0.1) is 0 Å². The molecule has 0 aliphatic heterocycles. The van der Waals surface area contributed by atoms with Crippen LogP contribution in [0.3, 0.4) is 0 Å². The number of nitrogens with zero attached hydrogens (tertiary/aromatic N) is 4. The number of aromatic nitrogens is 4. The van der Waals surface area contributed by atoms with Crippen LogP contribution in [0.2, 0.25) is 5.02 Å². The van der Waals surface area contributed by atoms with Crippen molar-refractivity contribution in [2.45, 2.75) is 19.4 Å². The first-order chi connectivity index (χ1) is 11.9. The number of hydrogen-bond acceptors (Lipinski definition) is 7. The molecule has 0 fully saturated rings. The first-order valence-electron chi connectivity index (χ1n) is 7.35. The van der Waals surface area contributed by atoms with E-state index in [0.717, 1.165) is 0 Å². The summed E-state index contributed by atoms with van der Waals surface area (Å²) >= 11 is 6.21. The largest absolute Gasteiger partial charge is 0.363 e. The van der Waals surface area contributed by atoms with Crippen molar-refractivity contribution in [1.82, 2.24) is 20.1 Å². The predicted molar refractivity (Wildman–Crippen MR) is 91.9 cm³/mol. The molecule has 0 aliphatic rings. The number of carbonyl (C=O) groups excluding carboxylic acids is 1. The fourth-order valence-corrected chi connectivity index (χ4v) is 2.59. The number of halogens is 1. The molecule has 0 atom stereocenters. The Kier molecular flexibility index (Phi) is 4.37. The smallest absolute Gasteiger partial charge is 0.287 e. The maximum absolute atomic E-state index is 11.0. The lowest BCUT2D eigenvalue weighted by molar-refractivity contribution is 0.0965. The molecule has 128 valence electrons. The van der Waals surface area contributed by atoms with E-state index >= 15 is 0 Å². The van der Waals surface area contributed by atoms with Crippen molar-refractivity contribution in [3.8, 4) is 11.3 Å². The highest BCUT2D eigenvalue weighted by molar-refractivity contribution is 6.31. The molecule has 3 rings (SSSR count). The third-order valence-electron chi connectivity index (χ3n) is 3.48. The average Bonchev–Trinajstić information content (AvgIpc) is 3.06. The van der Waals surface area contributed by atoms with Crippen LogP contribution in [0.5, 0.6) is 0 Å². The summed E-state index contributed by atoms with van der Waals surface area (Å²) in [5.41, 5.74) is 6.26. The molecular weight excluding hydrogens is 344 g/mol. The lowest BCUT2D eigenvalue weighted by Crippen LogP contribution is -2.30. The van der Waals surface area contributed by atoms with Gasteiger partial charge in [0.15, 0.2) is 0 Å². The molecule has 3 N–H and O–H groups in total. The molecule has 25 heavy (non-hydrogen) atoms. The summed E-state index contributed by atoms with van der Waals surface area (Å²) in [7, 11) is 0. The first-order valence-corrected chi connectivity index (χ1v) is 7.73. The predicted octanol–water partition coefficient (Wildman–Crippen LogP) is 2.63. The summed E-state index contributed by atoms with van der Waals surface area (Å²) in [5.74, 6) is -0.316. The molecule has 3 aromatic heterocycles. The van der Waals surface area contributed by atoms with Crippen LogP contribution in [-0.4, -0.2) is 26.0 Å². The topological polar surface area (TPSA) is 120 Å². The number of nitrogens with two attached hydrogens (primary N) is 1. The Morgan fingerprint density at radius 3 is 2.60 bits per heavy atom.